The molecule has 0 radical (unpaired) electrons. The summed E-state index contributed by atoms with van der Waals surface area (Å²) in [6.07, 6.45) is 3.89. The van der Waals surface area contributed by atoms with Crippen LogP contribution in [-0.4, -0.2) is 17.8 Å². The van der Waals surface area contributed by atoms with Gasteiger partial charge in [0.2, 0.25) is 0 Å². The zero-order chi connectivity index (χ0) is 16.8. The highest BCUT2D eigenvalue weighted by atomic mass is 16.5. The molecule has 0 spiro atoms. The van der Waals surface area contributed by atoms with Gasteiger partial charge in [-0.15, -0.1) is 0 Å². The lowest BCUT2D eigenvalue weighted by atomic mass is 10.1. The van der Waals surface area contributed by atoms with Crippen LogP contribution < -0.4 is 10.4 Å². The largest absolute Gasteiger partial charge is 0.489 e. The van der Waals surface area contributed by atoms with E-state index >= 15 is 0 Å². The van der Waals surface area contributed by atoms with Gasteiger partial charge in [-0.2, -0.15) is 0 Å². The summed E-state index contributed by atoms with van der Waals surface area (Å²) < 4.78 is 10.8. The molecule has 0 amide bonds. The lowest BCUT2D eigenvalue weighted by Crippen LogP contribution is -2.04. The number of aliphatic hydroxyl groups excluding tert-OH is 1. The summed E-state index contributed by atoms with van der Waals surface area (Å²) >= 11 is 0. The molecule has 0 aliphatic carbocycles. The van der Waals surface area contributed by atoms with Crippen LogP contribution in [0.4, 0.5) is 0 Å². The van der Waals surface area contributed by atoms with Gasteiger partial charge in [0, 0.05) is 17.5 Å². The molecule has 0 saturated heterocycles. The Bertz CT molecular complexity index is 779. The third-order valence-electron chi connectivity index (χ3n) is 3.33. The van der Waals surface area contributed by atoms with Crippen molar-refractivity contribution in [3.63, 3.8) is 0 Å². The molecule has 1 aromatic heterocycles. The topological polar surface area (TPSA) is 59.7 Å². The van der Waals surface area contributed by atoms with E-state index < -0.39 is 6.10 Å². The number of hydrogen-bond donors (Lipinski definition) is 1. The molecule has 2 aromatic rings. The van der Waals surface area contributed by atoms with Gasteiger partial charge < -0.3 is 14.3 Å². The van der Waals surface area contributed by atoms with Crippen molar-refractivity contribution in [1.82, 2.24) is 0 Å². The molecule has 0 bridgehead atoms. The minimum absolute atomic E-state index is 0.376. The highest BCUT2D eigenvalue weighted by Crippen LogP contribution is 2.19. The molecule has 23 heavy (non-hydrogen) atoms. The zero-order valence-electron chi connectivity index (χ0n) is 13.7. The van der Waals surface area contributed by atoms with Crippen LogP contribution in [0.15, 0.2) is 62.8 Å². The van der Waals surface area contributed by atoms with Crippen molar-refractivity contribution in [3.8, 4) is 5.75 Å². The van der Waals surface area contributed by atoms with E-state index in [9.17, 15) is 9.90 Å². The maximum Gasteiger partial charge on any atom is 0.336 e. The number of fused-ring (bicyclic) bond motifs is 1. The third-order valence-corrected chi connectivity index (χ3v) is 3.33. The van der Waals surface area contributed by atoms with Crippen LogP contribution >= 0.6 is 0 Å². The first kappa shape index (κ1) is 17.0. The van der Waals surface area contributed by atoms with Crippen LogP contribution in [-0.2, 0) is 0 Å². The fourth-order valence-electron chi connectivity index (χ4n) is 2.27. The summed E-state index contributed by atoms with van der Waals surface area (Å²) in [6.45, 7) is 6.29. The Labute approximate surface area is 135 Å². The molecule has 0 fully saturated rings. The first-order chi connectivity index (χ1) is 10.9. The number of hydrogen-bond acceptors (Lipinski definition) is 4. The summed E-state index contributed by atoms with van der Waals surface area (Å²) in [4.78, 5) is 11.2. The summed E-state index contributed by atoms with van der Waals surface area (Å²) in [6, 6.07) is 8.51. The lowest BCUT2D eigenvalue weighted by Gasteiger charge is -2.08. The fourth-order valence-corrected chi connectivity index (χ4v) is 2.27. The average Bonchev–Trinajstić information content (AvgIpc) is 2.45. The van der Waals surface area contributed by atoms with E-state index in [0.29, 0.717) is 24.4 Å². The molecule has 4 nitrogen and oxygen atoms in total. The molecule has 1 N–H and O–H groups in total. The maximum absolute atomic E-state index is 11.2. The Morgan fingerprint density at radius 3 is 2.74 bits per heavy atom. The standard InChI is InChI=1S/C19H22O4/c1-13(2)10-16(20)11-14(3)8-9-22-17-6-4-15-5-7-19(21)23-18(15)12-17/h4-8,10,12,16,20H,9,11H2,1-3H3/b14-8-/t16-/m1/s1. The van der Waals surface area contributed by atoms with E-state index in [1.54, 1.807) is 12.1 Å². The predicted octanol–water partition coefficient (Wildman–Crippen LogP) is 3.84. The molecule has 2 rings (SSSR count). The van der Waals surface area contributed by atoms with Gasteiger partial charge in [0.05, 0.1) is 6.10 Å². The van der Waals surface area contributed by atoms with Crippen molar-refractivity contribution >= 4 is 11.0 Å². The first-order valence-electron chi connectivity index (χ1n) is 7.59. The minimum Gasteiger partial charge on any atom is -0.489 e. The molecule has 1 aromatic carbocycles. The number of benzene rings is 1. The van der Waals surface area contributed by atoms with Crippen LogP contribution in [0.1, 0.15) is 27.2 Å². The monoisotopic (exact) mass is 314 g/mol. The molecular formula is C19H22O4. The Balaban J connectivity index is 1.96. The van der Waals surface area contributed by atoms with E-state index in [4.69, 9.17) is 9.15 Å². The van der Waals surface area contributed by atoms with E-state index in [1.165, 1.54) is 6.07 Å². The molecular weight excluding hydrogens is 292 g/mol. The molecule has 0 aliphatic heterocycles. The second kappa shape index (κ2) is 7.79. The molecule has 0 aliphatic rings. The summed E-state index contributed by atoms with van der Waals surface area (Å²) in [5.74, 6) is 0.640. The van der Waals surface area contributed by atoms with E-state index in [0.717, 1.165) is 16.5 Å². The fraction of sp³-hybridized carbons (Fsp3) is 0.316. The molecule has 122 valence electrons. The Morgan fingerprint density at radius 2 is 2.00 bits per heavy atom. The second-order valence-electron chi connectivity index (χ2n) is 5.83. The van der Waals surface area contributed by atoms with Gasteiger partial charge in [-0.05, 0) is 51.5 Å². The Kier molecular flexibility index (Phi) is 5.77. The van der Waals surface area contributed by atoms with Gasteiger partial charge in [0.25, 0.3) is 0 Å². The highest BCUT2D eigenvalue weighted by Gasteiger charge is 2.02. The number of ether oxygens (including phenoxy) is 1. The average molecular weight is 314 g/mol. The van der Waals surface area contributed by atoms with E-state index in [-0.39, 0.29) is 5.63 Å². The minimum atomic E-state index is -0.466. The quantitative estimate of drug-likeness (QED) is 0.650. The lowest BCUT2D eigenvalue weighted by molar-refractivity contribution is 0.222. The van der Waals surface area contributed by atoms with E-state index in [1.807, 2.05) is 45.1 Å². The zero-order valence-corrected chi connectivity index (χ0v) is 13.7. The number of allylic oxidation sites excluding steroid dienone is 1. The SMILES string of the molecule is CC(C)=C[C@@H](O)C/C(C)=C\COc1ccc2ccc(=O)oc2c1. The van der Waals surface area contributed by atoms with Crippen LogP contribution in [0.3, 0.4) is 0 Å². The summed E-state index contributed by atoms with van der Waals surface area (Å²) in [5, 5.41) is 10.7. The number of rotatable bonds is 6. The van der Waals surface area contributed by atoms with Crippen molar-refractivity contribution in [2.75, 3.05) is 6.61 Å². The van der Waals surface area contributed by atoms with Gasteiger partial charge >= 0.3 is 5.63 Å². The van der Waals surface area contributed by atoms with Gasteiger partial charge in [-0.1, -0.05) is 17.2 Å². The van der Waals surface area contributed by atoms with Crippen LogP contribution in [0.5, 0.6) is 5.75 Å². The van der Waals surface area contributed by atoms with Crippen molar-refractivity contribution in [3.05, 3.63) is 64.1 Å². The normalized spacial score (nSPS) is 13.0. The molecule has 1 heterocycles. The Hall–Kier alpha value is -2.33. The van der Waals surface area contributed by atoms with Gasteiger partial charge in [-0.3, -0.25) is 0 Å². The van der Waals surface area contributed by atoms with Crippen molar-refractivity contribution in [2.24, 2.45) is 0 Å². The van der Waals surface area contributed by atoms with Crippen molar-refractivity contribution in [1.29, 1.82) is 0 Å². The summed E-state index contributed by atoms with van der Waals surface area (Å²) in [5.41, 5.74) is 2.29. The molecule has 4 heteroatoms. The molecule has 1 atom stereocenters. The predicted molar refractivity (Wildman–Crippen MR) is 91.8 cm³/mol. The van der Waals surface area contributed by atoms with Crippen LogP contribution in [0.2, 0.25) is 0 Å². The number of aliphatic hydroxyl groups is 1. The highest BCUT2D eigenvalue weighted by molar-refractivity contribution is 5.77. The first-order valence-corrected chi connectivity index (χ1v) is 7.59. The van der Waals surface area contributed by atoms with Crippen molar-refractivity contribution < 1.29 is 14.3 Å². The summed E-state index contributed by atoms with van der Waals surface area (Å²) in [7, 11) is 0. The van der Waals surface area contributed by atoms with Gasteiger partial charge in [-0.25, -0.2) is 4.79 Å². The van der Waals surface area contributed by atoms with Gasteiger partial charge in [0.15, 0.2) is 0 Å². The molecule has 0 unspecified atom stereocenters. The van der Waals surface area contributed by atoms with Crippen molar-refractivity contribution in [2.45, 2.75) is 33.3 Å². The van der Waals surface area contributed by atoms with Crippen LogP contribution in [0.25, 0.3) is 11.0 Å². The van der Waals surface area contributed by atoms with E-state index in [2.05, 4.69) is 0 Å². The second-order valence-corrected chi connectivity index (χ2v) is 5.83. The molecule has 0 saturated carbocycles. The Morgan fingerprint density at radius 1 is 1.26 bits per heavy atom. The maximum atomic E-state index is 11.2. The smallest absolute Gasteiger partial charge is 0.336 e. The van der Waals surface area contributed by atoms with Crippen LogP contribution in [0, 0.1) is 0 Å². The van der Waals surface area contributed by atoms with Gasteiger partial charge in [0.1, 0.15) is 17.9 Å². The third kappa shape index (κ3) is 5.42.